The van der Waals surface area contributed by atoms with Gasteiger partial charge in [0, 0.05) is 55.9 Å². The van der Waals surface area contributed by atoms with Crippen molar-refractivity contribution in [3.05, 3.63) is 53.9 Å². The van der Waals surface area contributed by atoms with E-state index in [2.05, 4.69) is 50.1 Å². The molecule has 3 atom stereocenters. The number of unbranched alkanes of at least 4 members (excludes halogenated alkanes) is 1. The van der Waals surface area contributed by atoms with E-state index in [4.69, 9.17) is 23.4 Å². The molecule has 48 heavy (non-hydrogen) atoms. The number of amides is 3. The lowest BCUT2D eigenvalue weighted by molar-refractivity contribution is -0.121. The molecule has 0 saturated carbocycles. The lowest BCUT2D eigenvalue weighted by Gasteiger charge is -2.16. The topological polar surface area (TPSA) is 136 Å². The number of anilines is 1. The van der Waals surface area contributed by atoms with Crippen LogP contribution in [0.3, 0.4) is 0 Å². The average Bonchev–Trinajstić information content (AvgIpc) is 3.78. The molecule has 0 radical (unpaired) electrons. The molecule has 3 amide bonds. The van der Waals surface area contributed by atoms with Crippen molar-refractivity contribution in [1.82, 2.24) is 20.9 Å². The molecule has 260 valence electrons. The van der Waals surface area contributed by atoms with E-state index in [-0.39, 0.29) is 24.0 Å². The summed E-state index contributed by atoms with van der Waals surface area (Å²) in [6.45, 7) is 3.60. The fraction of sp³-hybridized carbons (Fsp3) is 0.514. The number of hydrogen-bond donors (Lipinski definition) is 3. The van der Waals surface area contributed by atoms with Crippen molar-refractivity contribution in [2.24, 2.45) is 0 Å². The molecule has 2 saturated heterocycles. The van der Waals surface area contributed by atoms with Crippen LogP contribution in [0.5, 0.6) is 5.75 Å². The van der Waals surface area contributed by atoms with Crippen molar-refractivity contribution >= 4 is 52.6 Å². The first-order chi connectivity index (χ1) is 23.4. The lowest BCUT2D eigenvalue weighted by Crippen LogP contribution is -2.36. The van der Waals surface area contributed by atoms with Crippen LogP contribution in [0, 0.1) is 0 Å². The quantitative estimate of drug-likeness (QED) is 0.110. The SMILES string of the molecule is CN(C)c1ccc(/C=C/c2nc3ccc(OCCOCCOCCOCCNC(=O)CCCC[C@@H]4SC[C@@H]5NC(=O)N[C@@H]54)cc3o2)cc1. The van der Waals surface area contributed by atoms with Gasteiger partial charge in [-0.25, -0.2) is 9.78 Å². The number of aromatic nitrogens is 1. The minimum Gasteiger partial charge on any atom is -0.491 e. The van der Waals surface area contributed by atoms with E-state index in [0.29, 0.717) is 81.7 Å². The summed E-state index contributed by atoms with van der Waals surface area (Å²) in [6, 6.07) is 14.3. The summed E-state index contributed by atoms with van der Waals surface area (Å²) >= 11 is 1.90. The third-order valence-electron chi connectivity index (χ3n) is 8.09. The van der Waals surface area contributed by atoms with Gasteiger partial charge in [0.05, 0.1) is 51.7 Å². The fourth-order valence-electron chi connectivity index (χ4n) is 5.52. The third kappa shape index (κ3) is 11.1. The molecule has 1 aromatic heterocycles. The number of fused-ring (bicyclic) bond motifs is 2. The second kappa shape index (κ2) is 18.7. The Kier molecular flexibility index (Phi) is 13.8. The summed E-state index contributed by atoms with van der Waals surface area (Å²) in [6.07, 6.45) is 7.18. The highest BCUT2D eigenvalue weighted by molar-refractivity contribution is 8.00. The molecule has 0 unspecified atom stereocenters. The molecule has 2 aliphatic heterocycles. The van der Waals surface area contributed by atoms with Gasteiger partial charge in [-0.05, 0) is 48.7 Å². The maximum Gasteiger partial charge on any atom is 0.315 e. The molecule has 0 spiro atoms. The van der Waals surface area contributed by atoms with Gasteiger partial charge in [-0.1, -0.05) is 18.6 Å². The van der Waals surface area contributed by atoms with Crippen LogP contribution in [0.15, 0.2) is 46.9 Å². The minimum absolute atomic E-state index is 0.0439. The first-order valence-corrected chi connectivity index (χ1v) is 17.7. The number of carbonyl (C=O) groups excluding carboxylic acids is 2. The fourth-order valence-corrected chi connectivity index (χ4v) is 7.06. The van der Waals surface area contributed by atoms with Gasteiger partial charge >= 0.3 is 6.03 Å². The van der Waals surface area contributed by atoms with Crippen LogP contribution in [-0.4, -0.2) is 107 Å². The molecule has 2 aromatic carbocycles. The molecular weight excluding hydrogens is 634 g/mol. The van der Waals surface area contributed by atoms with Gasteiger partial charge in [0.25, 0.3) is 0 Å². The van der Waals surface area contributed by atoms with E-state index >= 15 is 0 Å². The van der Waals surface area contributed by atoms with Crippen LogP contribution in [0.4, 0.5) is 10.5 Å². The van der Waals surface area contributed by atoms with Gasteiger partial charge in [0.15, 0.2) is 5.58 Å². The predicted molar refractivity (Wildman–Crippen MR) is 189 cm³/mol. The molecule has 2 fully saturated rings. The summed E-state index contributed by atoms with van der Waals surface area (Å²) < 4.78 is 28.4. The normalized spacial score (nSPS) is 18.6. The van der Waals surface area contributed by atoms with Crippen LogP contribution in [0.1, 0.15) is 37.1 Å². The molecule has 3 aromatic rings. The Morgan fingerprint density at radius 1 is 0.979 bits per heavy atom. The molecule has 0 bridgehead atoms. The van der Waals surface area contributed by atoms with Crippen molar-refractivity contribution in [3.63, 3.8) is 0 Å². The Hall–Kier alpha value is -3.78. The molecule has 12 nitrogen and oxygen atoms in total. The summed E-state index contributed by atoms with van der Waals surface area (Å²) in [7, 11) is 4.04. The van der Waals surface area contributed by atoms with Crippen LogP contribution in [-0.2, 0) is 19.0 Å². The number of benzene rings is 2. The molecular formula is C35H47N5O7S. The van der Waals surface area contributed by atoms with Gasteiger partial charge in [-0.15, -0.1) is 0 Å². The van der Waals surface area contributed by atoms with Crippen molar-refractivity contribution in [1.29, 1.82) is 0 Å². The lowest BCUT2D eigenvalue weighted by atomic mass is 10.0. The van der Waals surface area contributed by atoms with E-state index in [1.807, 2.05) is 56.2 Å². The summed E-state index contributed by atoms with van der Waals surface area (Å²) in [5.74, 6) is 2.23. The number of ether oxygens (including phenoxy) is 4. The highest BCUT2D eigenvalue weighted by atomic mass is 32.2. The predicted octanol–water partition coefficient (Wildman–Crippen LogP) is 4.33. The zero-order chi connectivity index (χ0) is 33.6. The van der Waals surface area contributed by atoms with Crippen LogP contribution in [0.25, 0.3) is 23.3 Å². The number of urea groups is 1. The Morgan fingerprint density at radius 2 is 1.73 bits per heavy atom. The second-order valence-corrected chi connectivity index (χ2v) is 13.2. The van der Waals surface area contributed by atoms with Crippen LogP contribution >= 0.6 is 11.8 Å². The highest BCUT2D eigenvalue weighted by Gasteiger charge is 2.42. The maximum absolute atomic E-state index is 12.1. The highest BCUT2D eigenvalue weighted by Crippen LogP contribution is 2.33. The number of carbonyl (C=O) groups is 2. The first-order valence-electron chi connectivity index (χ1n) is 16.6. The van der Waals surface area contributed by atoms with Gasteiger partial charge in [0.1, 0.15) is 17.9 Å². The number of oxazole rings is 1. The van der Waals surface area contributed by atoms with E-state index < -0.39 is 0 Å². The standard InChI is InChI=1S/C35H47N5O7S/c1-40(2)26-10-7-25(8-11-26)9-14-33-37-28-13-12-27(23-30(28)47-33)46-22-21-45-20-19-44-18-17-43-16-15-36-32(41)6-4-3-5-31-34-29(24-48-31)38-35(42)39-34/h7-14,23,29,31,34H,3-6,15-22,24H2,1-2H3,(H,36,41)(H2,38,39,42)/b14-9+/t29-,31-,34-/m0/s1. The number of rotatable bonds is 21. The number of nitrogens with zero attached hydrogens (tertiary/aromatic N) is 2. The molecule has 13 heteroatoms. The van der Waals surface area contributed by atoms with Gasteiger partial charge < -0.3 is 44.2 Å². The first kappa shape index (κ1) is 35.5. The van der Waals surface area contributed by atoms with Crippen LogP contribution in [0.2, 0.25) is 0 Å². The van der Waals surface area contributed by atoms with Gasteiger partial charge in [-0.3, -0.25) is 4.79 Å². The van der Waals surface area contributed by atoms with E-state index in [1.165, 1.54) is 0 Å². The Morgan fingerprint density at radius 3 is 2.50 bits per heavy atom. The zero-order valence-corrected chi connectivity index (χ0v) is 28.6. The van der Waals surface area contributed by atoms with Gasteiger partial charge in [-0.2, -0.15) is 11.8 Å². The molecule has 0 aliphatic carbocycles. The molecule has 3 heterocycles. The Bertz CT molecular complexity index is 1480. The van der Waals surface area contributed by atoms with E-state index in [0.717, 1.165) is 41.8 Å². The number of nitrogens with one attached hydrogen (secondary N) is 3. The number of thioether (sulfide) groups is 1. The minimum atomic E-state index is -0.0591. The van der Waals surface area contributed by atoms with Crippen molar-refractivity contribution in [3.8, 4) is 5.75 Å². The molecule has 3 N–H and O–H groups in total. The van der Waals surface area contributed by atoms with E-state index in [9.17, 15) is 9.59 Å². The zero-order valence-electron chi connectivity index (χ0n) is 27.8. The average molecular weight is 682 g/mol. The molecule has 5 rings (SSSR count). The van der Waals surface area contributed by atoms with Crippen molar-refractivity contribution < 1.29 is 33.0 Å². The second-order valence-electron chi connectivity index (χ2n) is 11.9. The Labute approximate surface area is 286 Å². The summed E-state index contributed by atoms with van der Waals surface area (Å²) in [4.78, 5) is 30.1. The van der Waals surface area contributed by atoms with Crippen molar-refractivity contribution in [2.75, 3.05) is 77.5 Å². The smallest absolute Gasteiger partial charge is 0.315 e. The third-order valence-corrected chi connectivity index (χ3v) is 9.60. The summed E-state index contributed by atoms with van der Waals surface area (Å²) in [5.41, 5.74) is 3.65. The summed E-state index contributed by atoms with van der Waals surface area (Å²) in [5, 5.41) is 9.30. The monoisotopic (exact) mass is 681 g/mol. The largest absolute Gasteiger partial charge is 0.491 e. The Balaban J connectivity index is 0.822. The van der Waals surface area contributed by atoms with Gasteiger partial charge in [0.2, 0.25) is 11.8 Å². The molecule has 2 aliphatic rings. The maximum atomic E-state index is 12.1. The van der Waals surface area contributed by atoms with Crippen LogP contribution < -0.4 is 25.6 Å². The van der Waals surface area contributed by atoms with Crippen molar-refractivity contribution in [2.45, 2.75) is 43.0 Å². The van der Waals surface area contributed by atoms with E-state index in [1.54, 1.807) is 0 Å². The number of hydrogen-bond acceptors (Lipinski definition) is 10.